The third kappa shape index (κ3) is 2.89. The minimum absolute atomic E-state index is 0.0293. The number of nitro groups is 1. The molecular formula is C13H10N2O5. The molecule has 0 saturated carbocycles. The quantitative estimate of drug-likeness (QED) is 0.679. The van der Waals surface area contributed by atoms with E-state index in [1.54, 1.807) is 13.0 Å². The lowest BCUT2D eigenvalue weighted by atomic mass is 10.1. The summed E-state index contributed by atoms with van der Waals surface area (Å²) in [5.41, 5.74) is 0.555. The number of hydrogen-bond donors (Lipinski definition) is 1. The van der Waals surface area contributed by atoms with Gasteiger partial charge in [0.1, 0.15) is 11.3 Å². The van der Waals surface area contributed by atoms with Crippen LogP contribution in [-0.4, -0.2) is 21.0 Å². The molecule has 1 aromatic heterocycles. The highest BCUT2D eigenvalue weighted by molar-refractivity contribution is 5.91. The lowest BCUT2D eigenvalue weighted by Crippen LogP contribution is -2.01. The molecule has 0 bridgehead atoms. The van der Waals surface area contributed by atoms with Gasteiger partial charge in [0.05, 0.1) is 11.0 Å². The molecule has 7 nitrogen and oxygen atoms in total. The Morgan fingerprint density at radius 2 is 2.10 bits per heavy atom. The van der Waals surface area contributed by atoms with Crippen LogP contribution in [0.15, 0.2) is 36.5 Å². The number of carboxylic acid groups (broad SMARTS) is 1. The third-order valence-corrected chi connectivity index (χ3v) is 2.51. The standard InChI is InChI=1S/C13H10N2O5/c1-8-2-3-11(10(6-8)13(16)17)20-12-7-9(15(18)19)4-5-14-12/h2-7H,1H3,(H,16,17). The van der Waals surface area contributed by atoms with Gasteiger partial charge in [-0.05, 0) is 19.1 Å². The molecule has 7 heteroatoms. The first-order valence-corrected chi connectivity index (χ1v) is 5.59. The van der Waals surface area contributed by atoms with Crippen LogP contribution in [0.3, 0.4) is 0 Å². The molecule has 0 saturated heterocycles. The Kier molecular flexibility index (Phi) is 3.60. The van der Waals surface area contributed by atoms with Crippen LogP contribution >= 0.6 is 0 Å². The number of carboxylic acids is 1. The van der Waals surface area contributed by atoms with Gasteiger partial charge < -0.3 is 9.84 Å². The molecule has 102 valence electrons. The Labute approximate surface area is 113 Å². The van der Waals surface area contributed by atoms with Crippen molar-refractivity contribution in [2.45, 2.75) is 6.92 Å². The number of ether oxygens (including phenoxy) is 1. The largest absolute Gasteiger partial charge is 0.478 e. The van der Waals surface area contributed by atoms with Gasteiger partial charge in [-0.1, -0.05) is 11.6 Å². The first-order valence-electron chi connectivity index (χ1n) is 5.59. The van der Waals surface area contributed by atoms with Crippen LogP contribution in [0.2, 0.25) is 0 Å². The second-order valence-corrected chi connectivity index (χ2v) is 4.02. The molecule has 0 amide bonds. The van der Waals surface area contributed by atoms with Crippen molar-refractivity contribution in [2.75, 3.05) is 0 Å². The number of carbonyl (C=O) groups is 1. The van der Waals surface area contributed by atoms with Gasteiger partial charge in [-0.2, -0.15) is 0 Å². The summed E-state index contributed by atoms with van der Waals surface area (Å²) in [6, 6.07) is 6.97. The van der Waals surface area contributed by atoms with Crippen molar-refractivity contribution < 1.29 is 19.6 Å². The summed E-state index contributed by atoms with van der Waals surface area (Å²) in [6.45, 7) is 1.75. The van der Waals surface area contributed by atoms with Crippen molar-refractivity contribution in [1.82, 2.24) is 4.98 Å². The fourth-order valence-corrected chi connectivity index (χ4v) is 1.58. The highest BCUT2D eigenvalue weighted by Crippen LogP contribution is 2.26. The number of nitrogens with zero attached hydrogens (tertiary/aromatic N) is 2. The number of hydrogen-bond acceptors (Lipinski definition) is 5. The minimum atomic E-state index is -1.14. The molecule has 0 unspecified atom stereocenters. The first kappa shape index (κ1) is 13.5. The van der Waals surface area contributed by atoms with Crippen LogP contribution in [0.4, 0.5) is 5.69 Å². The maximum Gasteiger partial charge on any atom is 0.339 e. The zero-order chi connectivity index (χ0) is 14.7. The lowest BCUT2D eigenvalue weighted by Gasteiger charge is -2.08. The van der Waals surface area contributed by atoms with E-state index in [0.29, 0.717) is 0 Å². The Morgan fingerprint density at radius 3 is 2.75 bits per heavy atom. The predicted molar refractivity (Wildman–Crippen MR) is 69.1 cm³/mol. The molecule has 2 aromatic rings. The summed E-state index contributed by atoms with van der Waals surface area (Å²) in [7, 11) is 0. The lowest BCUT2D eigenvalue weighted by molar-refractivity contribution is -0.385. The van der Waals surface area contributed by atoms with Gasteiger partial charge in [0.25, 0.3) is 5.69 Å². The van der Waals surface area contributed by atoms with Crippen LogP contribution < -0.4 is 4.74 Å². The van der Waals surface area contributed by atoms with Crippen LogP contribution in [0.25, 0.3) is 0 Å². The van der Waals surface area contributed by atoms with E-state index in [1.165, 1.54) is 24.4 Å². The van der Waals surface area contributed by atoms with E-state index in [0.717, 1.165) is 11.6 Å². The maximum absolute atomic E-state index is 11.1. The summed E-state index contributed by atoms with van der Waals surface area (Å²) < 4.78 is 5.32. The van der Waals surface area contributed by atoms with Crippen molar-refractivity contribution in [1.29, 1.82) is 0 Å². The number of aromatic carboxylic acids is 1. The van der Waals surface area contributed by atoms with Crippen LogP contribution in [0.5, 0.6) is 11.6 Å². The number of benzene rings is 1. The number of aromatic nitrogens is 1. The number of rotatable bonds is 4. The van der Waals surface area contributed by atoms with Crippen molar-refractivity contribution >= 4 is 11.7 Å². The molecule has 2 rings (SSSR count). The highest BCUT2D eigenvalue weighted by atomic mass is 16.6. The van der Waals surface area contributed by atoms with Gasteiger partial charge in [0, 0.05) is 12.3 Å². The Hall–Kier alpha value is -2.96. The predicted octanol–water partition coefficient (Wildman–Crippen LogP) is 2.79. The summed E-state index contributed by atoms with van der Waals surface area (Å²) >= 11 is 0. The molecular weight excluding hydrogens is 264 g/mol. The van der Waals surface area contributed by atoms with E-state index >= 15 is 0 Å². The highest BCUT2D eigenvalue weighted by Gasteiger charge is 2.14. The molecule has 20 heavy (non-hydrogen) atoms. The van der Waals surface area contributed by atoms with E-state index in [9.17, 15) is 14.9 Å². The maximum atomic E-state index is 11.1. The Bertz CT molecular complexity index is 684. The Balaban J connectivity index is 2.37. The first-order chi connectivity index (χ1) is 9.47. The summed E-state index contributed by atoms with van der Waals surface area (Å²) in [6.07, 6.45) is 1.22. The molecule has 1 heterocycles. The van der Waals surface area contributed by atoms with Crippen molar-refractivity contribution in [3.05, 3.63) is 57.8 Å². The molecule has 1 aromatic carbocycles. The molecule has 0 radical (unpaired) electrons. The van der Waals surface area contributed by atoms with Crippen molar-refractivity contribution in [3.63, 3.8) is 0 Å². The smallest absolute Gasteiger partial charge is 0.339 e. The fraction of sp³-hybridized carbons (Fsp3) is 0.0769. The topological polar surface area (TPSA) is 103 Å². The monoisotopic (exact) mass is 274 g/mol. The zero-order valence-corrected chi connectivity index (χ0v) is 10.4. The van der Waals surface area contributed by atoms with Gasteiger partial charge in [0.15, 0.2) is 0 Å². The Morgan fingerprint density at radius 1 is 1.35 bits per heavy atom. The average Bonchev–Trinajstić information content (AvgIpc) is 2.41. The fourth-order valence-electron chi connectivity index (χ4n) is 1.58. The van der Waals surface area contributed by atoms with Crippen molar-refractivity contribution in [3.8, 4) is 11.6 Å². The van der Waals surface area contributed by atoms with E-state index in [-0.39, 0.29) is 22.9 Å². The SMILES string of the molecule is Cc1ccc(Oc2cc([N+](=O)[O-])ccn2)c(C(=O)O)c1. The second-order valence-electron chi connectivity index (χ2n) is 4.02. The van der Waals surface area contributed by atoms with E-state index in [2.05, 4.69) is 4.98 Å². The zero-order valence-electron chi connectivity index (χ0n) is 10.4. The van der Waals surface area contributed by atoms with E-state index < -0.39 is 10.9 Å². The van der Waals surface area contributed by atoms with Gasteiger partial charge in [-0.25, -0.2) is 9.78 Å². The molecule has 1 N–H and O–H groups in total. The molecule has 0 atom stereocenters. The second kappa shape index (κ2) is 5.35. The molecule has 0 aliphatic rings. The van der Waals surface area contributed by atoms with Crippen LogP contribution in [0, 0.1) is 17.0 Å². The van der Waals surface area contributed by atoms with E-state index in [1.807, 2.05) is 0 Å². The van der Waals surface area contributed by atoms with Crippen LogP contribution in [-0.2, 0) is 0 Å². The van der Waals surface area contributed by atoms with E-state index in [4.69, 9.17) is 9.84 Å². The number of aryl methyl sites for hydroxylation is 1. The summed E-state index contributed by atoms with van der Waals surface area (Å²) in [5, 5.41) is 19.8. The minimum Gasteiger partial charge on any atom is -0.478 e. The third-order valence-electron chi connectivity index (χ3n) is 2.51. The average molecular weight is 274 g/mol. The molecule has 0 spiro atoms. The van der Waals surface area contributed by atoms with Gasteiger partial charge >= 0.3 is 5.97 Å². The normalized spacial score (nSPS) is 10.1. The number of pyridine rings is 1. The molecule has 0 aliphatic heterocycles. The molecule has 0 fully saturated rings. The summed E-state index contributed by atoms with van der Waals surface area (Å²) in [5.74, 6) is -1.10. The van der Waals surface area contributed by atoms with Gasteiger partial charge in [0.2, 0.25) is 5.88 Å². The van der Waals surface area contributed by atoms with Crippen LogP contribution in [0.1, 0.15) is 15.9 Å². The van der Waals surface area contributed by atoms with Crippen molar-refractivity contribution in [2.24, 2.45) is 0 Å². The molecule has 0 aliphatic carbocycles. The van der Waals surface area contributed by atoms with Gasteiger partial charge in [-0.3, -0.25) is 10.1 Å². The van der Waals surface area contributed by atoms with Gasteiger partial charge in [-0.15, -0.1) is 0 Å². The summed E-state index contributed by atoms with van der Waals surface area (Å²) in [4.78, 5) is 25.0.